The van der Waals surface area contributed by atoms with Crippen molar-refractivity contribution in [2.24, 2.45) is 5.73 Å². The molecule has 0 saturated heterocycles. The van der Waals surface area contributed by atoms with Crippen molar-refractivity contribution in [3.63, 3.8) is 0 Å². The van der Waals surface area contributed by atoms with Crippen LogP contribution in [0.25, 0.3) is 0 Å². The van der Waals surface area contributed by atoms with Gasteiger partial charge in [0.05, 0.1) is 6.42 Å². The van der Waals surface area contributed by atoms with Crippen molar-refractivity contribution < 1.29 is 4.79 Å². The highest BCUT2D eigenvalue weighted by molar-refractivity contribution is 5.79. The van der Waals surface area contributed by atoms with Crippen molar-refractivity contribution in [2.75, 3.05) is 0 Å². The average Bonchev–Trinajstić information content (AvgIpc) is 3.18. The molecule has 0 radical (unpaired) electrons. The summed E-state index contributed by atoms with van der Waals surface area (Å²) in [5, 5.41) is 3.01. The summed E-state index contributed by atoms with van der Waals surface area (Å²) in [5.41, 5.74) is 8.29. The van der Waals surface area contributed by atoms with E-state index in [9.17, 15) is 4.79 Å². The van der Waals surface area contributed by atoms with Crippen LogP contribution in [-0.4, -0.2) is 11.9 Å². The lowest BCUT2D eigenvalue weighted by atomic mass is 10.0. The minimum Gasteiger partial charge on any atom is -0.353 e. The number of nitrogens with two attached hydrogens (primary N) is 1. The number of carbonyl (C=O) groups excluding carboxylic acids is 1. The van der Waals surface area contributed by atoms with Crippen molar-refractivity contribution >= 4 is 5.91 Å². The maximum Gasteiger partial charge on any atom is 0.224 e. The molecule has 2 saturated carbocycles. The van der Waals surface area contributed by atoms with Crippen molar-refractivity contribution in [1.29, 1.82) is 0 Å². The van der Waals surface area contributed by atoms with Gasteiger partial charge >= 0.3 is 0 Å². The van der Waals surface area contributed by atoms with E-state index in [1.54, 1.807) is 0 Å². The van der Waals surface area contributed by atoms with Crippen LogP contribution in [0.1, 0.15) is 36.8 Å². The molecule has 0 aliphatic heterocycles. The maximum absolute atomic E-state index is 11.7. The summed E-state index contributed by atoms with van der Waals surface area (Å²) in [6.07, 6.45) is 4.87. The van der Waals surface area contributed by atoms with Crippen LogP contribution < -0.4 is 11.1 Å². The monoisotopic (exact) mass is 230 g/mol. The van der Waals surface area contributed by atoms with E-state index in [1.807, 2.05) is 12.1 Å². The van der Waals surface area contributed by atoms with Gasteiger partial charge in [0.25, 0.3) is 0 Å². The molecule has 0 bridgehead atoms. The molecule has 0 atom stereocenters. The summed E-state index contributed by atoms with van der Waals surface area (Å²) in [5.74, 6) is 0.131. The Labute approximate surface area is 101 Å². The zero-order chi connectivity index (χ0) is 11.9. The van der Waals surface area contributed by atoms with Gasteiger partial charge < -0.3 is 11.1 Å². The van der Waals surface area contributed by atoms with Crippen molar-refractivity contribution in [2.45, 2.75) is 43.7 Å². The van der Waals surface area contributed by atoms with E-state index in [0.717, 1.165) is 31.2 Å². The first-order valence-corrected chi connectivity index (χ1v) is 6.33. The second-order valence-corrected chi connectivity index (χ2v) is 5.38. The van der Waals surface area contributed by atoms with Gasteiger partial charge in [-0.3, -0.25) is 4.79 Å². The number of hydrogen-bond acceptors (Lipinski definition) is 2. The highest BCUT2D eigenvalue weighted by atomic mass is 16.1. The first-order valence-electron chi connectivity index (χ1n) is 6.33. The minimum absolute atomic E-state index is 0.108. The summed E-state index contributed by atoms with van der Waals surface area (Å²) >= 11 is 0. The molecule has 2 fully saturated rings. The SMILES string of the molecule is NC1(c2cccc(CC(=O)NC3CC3)c2)CC1. The summed E-state index contributed by atoms with van der Waals surface area (Å²) in [6.45, 7) is 0. The number of rotatable bonds is 4. The molecule has 3 N–H and O–H groups in total. The van der Waals surface area contributed by atoms with Crippen LogP contribution in [0.4, 0.5) is 0 Å². The van der Waals surface area contributed by atoms with Crippen molar-refractivity contribution in [1.82, 2.24) is 5.32 Å². The van der Waals surface area contributed by atoms with Crippen LogP contribution in [0.3, 0.4) is 0 Å². The number of amides is 1. The number of nitrogens with one attached hydrogen (secondary N) is 1. The lowest BCUT2D eigenvalue weighted by Gasteiger charge is -2.11. The Morgan fingerprint density at radius 2 is 2.18 bits per heavy atom. The topological polar surface area (TPSA) is 55.1 Å². The lowest BCUT2D eigenvalue weighted by Crippen LogP contribution is -2.27. The Hall–Kier alpha value is -1.35. The van der Waals surface area contributed by atoms with E-state index in [4.69, 9.17) is 5.73 Å². The minimum atomic E-state index is -0.108. The van der Waals surface area contributed by atoms with Gasteiger partial charge in [-0.25, -0.2) is 0 Å². The van der Waals surface area contributed by atoms with Crippen LogP contribution in [0.15, 0.2) is 24.3 Å². The Balaban J connectivity index is 1.67. The molecule has 3 nitrogen and oxygen atoms in total. The normalized spacial score (nSPS) is 21.0. The van der Waals surface area contributed by atoms with Crippen LogP contribution in [0, 0.1) is 0 Å². The molecule has 90 valence electrons. The number of hydrogen-bond donors (Lipinski definition) is 2. The Bertz CT molecular complexity index is 447. The maximum atomic E-state index is 11.7. The molecule has 1 aromatic rings. The Morgan fingerprint density at radius 3 is 2.82 bits per heavy atom. The quantitative estimate of drug-likeness (QED) is 0.822. The lowest BCUT2D eigenvalue weighted by molar-refractivity contribution is -0.120. The fourth-order valence-corrected chi connectivity index (χ4v) is 2.11. The van der Waals surface area contributed by atoms with Gasteiger partial charge in [-0.1, -0.05) is 24.3 Å². The second kappa shape index (κ2) is 3.84. The first kappa shape index (κ1) is 10.8. The molecule has 3 rings (SSSR count). The molecule has 2 aliphatic rings. The summed E-state index contributed by atoms with van der Waals surface area (Å²) in [4.78, 5) is 11.7. The summed E-state index contributed by atoms with van der Waals surface area (Å²) in [7, 11) is 0. The highest BCUT2D eigenvalue weighted by Gasteiger charge is 2.39. The standard InChI is InChI=1S/C14H18N2O/c15-14(6-7-14)11-3-1-2-10(8-11)9-13(17)16-12-4-5-12/h1-3,8,12H,4-7,9,15H2,(H,16,17). The molecule has 1 aromatic carbocycles. The van der Waals surface area contributed by atoms with E-state index >= 15 is 0 Å². The van der Waals surface area contributed by atoms with E-state index in [-0.39, 0.29) is 11.4 Å². The Morgan fingerprint density at radius 1 is 1.41 bits per heavy atom. The van der Waals surface area contributed by atoms with Gasteiger partial charge in [0.1, 0.15) is 0 Å². The van der Waals surface area contributed by atoms with Crippen LogP contribution >= 0.6 is 0 Å². The largest absolute Gasteiger partial charge is 0.353 e. The third-order valence-electron chi connectivity index (χ3n) is 3.60. The molecule has 3 heteroatoms. The van der Waals surface area contributed by atoms with Crippen molar-refractivity contribution in [3.8, 4) is 0 Å². The molecule has 0 aromatic heterocycles. The van der Waals surface area contributed by atoms with Gasteiger partial charge in [0, 0.05) is 11.6 Å². The number of benzene rings is 1. The van der Waals surface area contributed by atoms with Crippen LogP contribution in [-0.2, 0) is 16.8 Å². The molecule has 0 unspecified atom stereocenters. The van der Waals surface area contributed by atoms with E-state index in [1.165, 1.54) is 5.56 Å². The third kappa shape index (κ3) is 2.50. The average molecular weight is 230 g/mol. The Kier molecular flexibility index (Phi) is 2.44. The van der Waals surface area contributed by atoms with Crippen molar-refractivity contribution in [3.05, 3.63) is 35.4 Å². The smallest absolute Gasteiger partial charge is 0.224 e. The van der Waals surface area contributed by atoms with Gasteiger partial charge in [0.2, 0.25) is 5.91 Å². The fraction of sp³-hybridized carbons (Fsp3) is 0.500. The molecule has 1 amide bonds. The van der Waals surface area contributed by atoms with Gasteiger partial charge in [-0.15, -0.1) is 0 Å². The zero-order valence-corrected chi connectivity index (χ0v) is 9.91. The van der Waals surface area contributed by atoms with Gasteiger partial charge in [0.15, 0.2) is 0 Å². The van der Waals surface area contributed by atoms with Crippen LogP contribution in [0.2, 0.25) is 0 Å². The molecule has 0 spiro atoms. The zero-order valence-electron chi connectivity index (χ0n) is 9.91. The molecule has 17 heavy (non-hydrogen) atoms. The first-order chi connectivity index (χ1) is 8.16. The third-order valence-corrected chi connectivity index (χ3v) is 3.60. The van der Waals surface area contributed by atoms with Crippen LogP contribution in [0.5, 0.6) is 0 Å². The molecular formula is C14H18N2O. The molecule has 0 heterocycles. The fourth-order valence-electron chi connectivity index (χ4n) is 2.11. The van der Waals surface area contributed by atoms with E-state index in [2.05, 4.69) is 17.4 Å². The second-order valence-electron chi connectivity index (χ2n) is 5.38. The van der Waals surface area contributed by atoms with E-state index in [0.29, 0.717) is 12.5 Å². The molecular weight excluding hydrogens is 212 g/mol. The predicted octanol–water partition coefficient (Wildman–Crippen LogP) is 1.46. The predicted molar refractivity (Wildman–Crippen MR) is 66.4 cm³/mol. The van der Waals surface area contributed by atoms with Gasteiger partial charge in [-0.2, -0.15) is 0 Å². The molecule has 2 aliphatic carbocycles. The number of carbonyl (C=O) groups is 1. The summed E-state index contributed by atoms with van der Waals surface area (Å²) in [6, 6.07) is 8.59. The summed E-state index contributed by atoms with van der Waals surface area (Å²) < 4.78 is 0. The van der Waals surface area contributed by atoms with E-state index < -0.39 is 0 Å². The highest BCUT2D eigenvalue weighted by Crippen LogP contribution is 2.42. The van der Waals surface area contributed by atoms with Gasteiger partial charge in [-0.05, 0) is 36.8 Å².